The minimum Gasteiger partial charge on any atom is -0.478 e. The van der Waals surface area contributed by atoms with Crippen molar-refractivity contribution in [3.8, 4) is 0 Å². The van der Waals surface area contributed by atoms with Crippen molar-refractivity contribution in [3.05, 3.63) is 23.7 Å². The van der Waals surface area contributed by atoms with Gasteiger partial charge in [-0.15, -0.1) is 0 Å². The maximum atomic E-state index is 11.6. The third kappa shape index (κ3) is 4.10. The summed E-state index contributed by atoms with van der Waals surface area (Å²) in [5.74, 6) is -0.795. The van der Waals surface area contributed by atoms with Crippen LogP contribution >= 0.6 is 0 Å². The van der Waals surface area contributed by atoms with Crippen LogP contribution in [0.1, 0.15) is 36.4 Å². The third-order valence-corrected chi connectivity index (χ3v) is 3.07. The molecule has 0 saturated carbocycles. The molecule has 2 atom stereocenters. The van der Waals surface area contributed by atoms with Gasteiger partial charge in [-0.25, -0.2) is 4.79 Å². The Morgan fingerprint density at radius 1 is 1.53 bits per heavy atom. The van der Waals surface area contributed by atoms with Gasteiger partial charge in [-0.1, -0.05) is 20.3 Å². The van der Waals surface area contributed by atoms with Crippen molar-refractivity contribution in [1.29, 1.82) is 0 Å². The van der Waals surface area contributed by atoms with E-state index >= 15 is 0 Å². The quantitative estimate of drug-likeness (QED) is 0.732. The van der Waals surface area contributed by atoms with Crippen LogP contribution in [-0.2, 0) is 16.1 Å². The number of nitrogens with one attached hydrogen (secondary N) is 1. The van der Waals surface area contributed by atoms with Gasteiger partial charge in [-0.3, -0.25) is 10.1 Å². The maximum absolute atomic E-state index is 11.6. The summed E-state index contributed by atoms with van der Waals surface area (Å²) in [6, 6.07) is 0.994. The van der Waals surface area contributed by atoms with Crippen LogP contribution in [0, 0.1) is 5.92 Å². The molecule has 0 fully saturated rings. The highest BCUT2D eigenvalue weighted by atomic mass is 16.5. The number of furan rings is 1. The molecule has 0 amide bonds. The molecule has 0 aliphatic heterocycles. The summed E-state index contributed by atoms with van der Waals surface area (Å²) in [6.07, 6.45) is 2.00. The Bertz CT molecular complexity index is 440. The molecule has 0 aliphatic rings. The molecule has 0 aliphatic carbocycles. The first-order chi connectivity index (χ1) is 8.99. The maximum Gasteiger partial charge on any atom is 0.338 e. The smallest absolute Gasteiger partial charge is 0.338 e. The Morgan fingerprint density at radius 2 is 2.21 bits per heavy atom. The summed E-state index contributed by atoms with van der Waals surface area (Å²) in [7, 11) is 1.34. The average molecular weight is 269 g/mol. The number of hydrogen-bond acceptors (Lipinski definition) is 5. The lowest BCUT2D eigenvalue weighted by Gasteiger charge is -2.21. The van der Waals surface area contributed by atoms with E-state index in [0.29, 0.717) is 5.76 Å². The normalized spacial score (nSPS) is 13.8. The number of ether oxygens (including phenoxy) is 1. The van der Waals surface area contributed by atoms with E-state index < -0.39 is 12.0 Å². The van der Waals surface area contributed by atoms with Gasteiger partial charge in [0, 0.05) is 0 Å². The van der Waals surface area contributed by atoms with Crippen LogP contribution < -0.4 is 5.32 Å². The van der Waals surface area contributed by atoms with Gasteiger partial charge < -0.3 is 14.3 Å². The summed E-state index contributed by atoms with van der Waals surface area (Å²) < 4.78 is 9.85. The van der Waals surface area contributed by atoms with E-state index in [9.17, 15) is 9.59 Å². The van der Waals surface area contributed by atoms with Crippen LogP contribution in [-0.4, -0.2) is 30.2 Å². The molecule has 0 bridgehead atoms. The molecule has 1 aromatic heterocycles. The molecule has 2 N–H and O–H groups in total. The fourth-order valence-electron chi connectivity index (χ4n) is 1.68. The molecule has 1 aromatic rings. The highest BCUT2D eigenvalue weighted by molar-refractivity contribution is 5.87. The second kappa shape index (κ2) is 6.94. The van der Waals surface area contributed by atoms with Crippen molar-refractivity contribution in [2.45, 2.75) is 32.9 Å². The number of carboxylic acids is 1. The summed E-state index contributed by atoms with van der Waals surface area (Å²) in [6.45, 7) is 4.20. The lowest BCUT2D eigenvalue weighted by atomic mass is 9.99. The molecule has 1 rings (SSSR count). The van der Waals surface area contributed by atoms with Crippen LogP contribution in [0.25, 0.3) is 0 Å². The summed E-state index contributed by atoms with van der Waals surface area (Å²) in [4.78, 5) is 22.3. The predicted octanol–water partition coefficient (Wildman–Crippen LogP) is 1.66. The van der Waals surface area contributed by atoms with E-state index in [1.165, 1.54) is 19.4 Å². The zero-order chi connectivity index (χ0) is 14.4. The predicted molar refractivity (Wildman–Crippen MR) is 67.8 cm³/mol. The molecule has 2 unspecified atom stereocenters. The van der Waals surface area contributed by atoms with Gasteiger partial charge >= 0.3 is 11.9 Å². The molecule has 1 heterocycles. The minimum atomic E-state index is -1.04. The zero-order valence-electron chi connectivity index (χ0n) is 11.3. The number of esters is 1. The van der Waals surface area contributed by atoms with Crippen LogP contribution in [0.3, 0.4) is 0 Å². The fourth-order valence-corrected chi connectivity index (χ4v) is 1.68. The largest absolute Gasteiger partial charge is 0.478 e. The van der Waals surface area contributed by atoms with E-state index in [1.54, 1.807) is 0 Å². The van der Waals surface area contributed by atoms with Gasteiger partial charge in [-0.05, 0) is 12.0 Å². The highest BCUT2D eigenvalue weighted by Gasteiger charge is 2.24. The summed E-state index contributed by atoms with van der Waals surface area (Å²) >= 11 is 0. The van der Waals surface area contributed by atoms with Crippen LogP contribution in [0.2, 0.25) is 0 Å². The Morgan fingerprint density at radius 3 is 2.68 bits per heavy atom. The molecule has 106 valence electrons. The first-order valence-electron chi connectivity index (χ1n) is 6.11. The van der Waals surface area contributed by atoms with E-state index in [1.807, 2.05) is 13.8 Å². The van der Waals surface area contributed by atoms with Gasteiger partial charge in [0.05, 0.1) is 19.2 Å². The number of aromatic carboxylic acids is 1. The zero-order valence-corrected chi connectivity index (χ0v) is 11.3. The third-order valence-electron chi connectivity index (χ3n) is 3.07. The van der Waals surface area contributed by atoms with Crippen molar-refractivity contribution in [3.63, 3.8) is 0 Å². The van der Waals surface area contributed by atoms with Gasteiger partial charge in [0.25, 0.3) is 0 Å². The first-order valence-corrected chi connectivity index (χ1v) is 6.11. The first kappa shape index (κ1) is 15.2. The van der Waals surface area contributed by atoms with Crippen molar-refractivity contribution in [1.82, 2.24) is 5.32 Å². The van der Waals surface area contributed by atoms with Crippen molar-refractivity contribution < 1.29 is 23.8 Å². The van der Waals surface area contributed by atoms with Crippen molar-refractivity contribution in [2.24, 2.45) is 5.92 Å². The summed E-state index contributed by atoms with van der Waals surface area (Å²) in [5.41, 5.74) is 0.0926. The molecular weight excluding hydrogens is 250 g/mol. The molecular formula is C13H19NO5. The Labute approximate surface area is 111 Å². The lowest BCUT2D eigenvalue weighted by Crippen LogP contribution is -2.42. The lowest BCUT2D eigenvalue weighted by molar-refractivity contribution is -0.144. The van der Waals surface area contributed by atoms with E-state index in [-0.39, 0.29) is 24.0 Å². The molecule has 6 heteroatoms. The van der Waals surface area contributed by atoms with Crippen LogP contribution in [0.5, 0.6) is 0 Å². The fraction of sp³-hybridized carbons (Fsp3) is 0.538. The van der Waals surface area contributed by atoms with E-state index in [2.05, 4.69) is 5.32 Å². The van der Waals surface area contributed by atoms with Gasteiger partial charge in [0.15, 0.2) is 0 Å². The van der Waals surface area contributed by atoms with Crippen LogP contribution in [0.4, 0.5) is 0 Å². The Balaban J connectivity index is 2.64. The van der Waals surface area contributed by atoms with Gasteiger partial charge in [-0.2, -0.15) is 0 Å². The number of carbonyl (C=O) groups is 2. The Kier molecular flexibility index (Phi) is 5.57. The monoisotopic (exact) mass is 269 g/mol. The van der Waals surface area contributed by atoms with E-state index in [4.69, 9.17) is 14.3 Å². The number of hydrogen-bond donors (Lipinski definition) is 2. The number of carbonyl (C=O) groups excluding carboxylic acids is 1. The molecule has 0 spiro atoms. The molecule has 19 heavy (non-hydrogen) atoms. The second-order valence-corrected chi connectivity index (χ2v) is 4.37. The highest BCUT2D eigenvalue weighted by Crippen LogP contribution is 2.12. The van der Waals surface area contributed by atoms with Crippen molar-refractivity contribution in [2.75, 3.05) is 7.11 Å². The van der Waals surface area contributed by atoms with E-state index in [0.717, 1.165) is 6.42 Å². The molecule has 6 nitrogen and oxygen atoms in total. The Hall–Kier alpha value is -1.82. The molecule has 0 radical (unpaired) electrons. The standard InChI is InChI=1S/C13H19NO5/c1-4-8(2)11(13(17)18-3)14-6-10-5-9(7-19-10)12(15)16/h5,7-8,11,14H,4,6H2,1-3H3,(H,15,16). The van der Waals surface area contributed by atoms with Gasteiger partial charge in [0.2, 0.25) is 0 Å². The number of rotatable bonds is 7. The second-order valence-electron chi connectivity index (χ2n) is 4.37. The van der Waals surface area contributed by atoms with Crippen LogP contribution in [0.15, 0.2) is 16.7 Å². The average Bonchev–Trinajstić information content (AvgIpc) is 2.87. The molecule has 0 aromatic carbocycles. The summed E-state index contributed by atoms with van der Waals surface area (Å²) in [5, 5.41) is 11.8. The number of carboxylic acid groups (broad SMARTS) is 1. The molecule has 0 saturated heterocycles. The van der Waals surface area contributed by atoms with Gasteiger partial charge in [0.1, 0.15) is 18.1 Å². The topological polar surface area (TPSA) is 88.8 Å². The SMILES string of the molecule is CCC(C)C(NCc1cc(C(=O)O)co1)C(=O)OC. The minimum absolute atomic E-state index is 0.0926. The van der Waals surface area contributed by atoms with Crippen molar-refractivity contribution >= 4 is 11.9 Å². The number of methoxy groups -OCH3 is 1.